The van der Waals surface area contributed by atoms with E-state index in [1.165, 1.54) is 18.4 Å². The van der Waals surface area contributed by atoms with E-state index in [9.17, 15) is 24.6 Å². The maximum absolute atomic E-state index is 13.2. The molecule has 2 heterocycles. The smallest absolute Gasteiger partial charge is 0.328 e. The third-order valence-electron chi connectivity index (χ3n) is 8.78. The summed E-state index contributed by atoms with van der Waals surface area (Å²) in [5, 5.41) is 28.2. The van der Waals surface area contributed by atoms with Crippen molar-refractivity contribution in [3.05, 3.63) is 76.9 Å². The minimum atomic E-state index is -0.922. The molecule has 0 saturated heterocycles. The molecule has 1 aliphatic carbocycles. The molecule has 0 radical (unpaired) electrons. The number of aromatic nitrogens is 1. The molecule has 1 aromatic heterocycles. The summed E-state index contributed by atoms with van der Waals surface area (Å²) < 4.78 is 12.2. The van der Waals surface area contributed by atoms with Crippen LogP contribution in [0.25, 0.3) is 10.2 Å². The minimum absolute atomic E-state index is 0.0163. The predicted molar refractivity (Wildman–Crippen MR) is 189 cm³/mol. The quantitative estimate of drug-likeness (QED) is 0.166. The van der Waals surface area contributed by atoms with Crippen LogP contribution in [0.5, 0.6) is 5.75 Å². The molecule has 0 saturated carbocycles. The normalized spacial score (nSPS) is 26.8. The highest BCUT2D eigenvalue weighted by Crippen LogP contribution is 2.38. The highest BCUT2D eigenvalue weighted by Gasteiger charge is 2.30. The van der Waals surface area contributed by atoms with Crippen LogP contribution >= 0.6 is 11.3 Å². The van der Waals surface area contributed by atoms with Gasteiger partial charge in [-0.1, -0.05) is 55.5 Å². The number of aryl methyl sites for hydroxylation is 1. The zero-order chi connectivity index (χ0) is 34.6. The van der Waals surface area contributed by atoms with Crippen molar-refractivity contribution < 1.29 is 34.1 Å². The number of fused-ring (bicyclic) bond motifs is 4. The number of thiazole rings is 1. The summed E-state index contributed by atoms with van der Waals surface area (Å²) >= 11 is 1.41. The van der Waals surface area contributed by atoms with Crippen molar-refractivity contribution in [1.29, 1.82) is 0 Å². The van der Waals surface area contributed by atoms with Gasteiger partial charge in [-0.2, -0.15) is 0 Å². The fraction of sp³-hybridized carbons (Fsp3) is 0.459. The molecule has 11 heteroatoms. The number of aliphatic hydroxyl groups excluding tert-OH is 1. The number of aromatic hydroxyl groups is 1. The number of nitrogens with one attached hydrogen (secondary N) is 2. The van der Waals surface area contributed by atoms with E-state index in [-0.39, 0.29) is 29.7 Å². The van der Waals surface area contributed by atoms with Gasteiger partial charge in [-0.15, -0.1) is 11.3 Å². The number of hydrogen-bond donors (Lipinski definition) is 4. The van der Waals surface area contributed by atoms with E-state index in [0.717, 1.165) is 24.0 Å². The summed E-state index contributed by atoms with van der Waals surface area (Å²) in [6, 6.07) is 0.806. The zero-order valence-corrected chi connectivity index (χ0v) is 28.9. The van der Waals surface area contributed by atoms with Crippen molar-refractivity contribution in [2.24, 2.45) is 5.92 Å². The van der Waals surface area contributed by atoms with Crippen molar-refractivity contribution in [1.82, 2.24) is 10.3 Å². The average molecular weight is 678 g/mol. The van der Waals surface area contributed by atoms with E-state index >= 15 is 0 Å². The Kier molecular flexibility index (Phi) is 13.7. The van der Waals surface area contributed by atoms with Gasteiger partial charge < -0.3 is 30.3 Å². The van der Waals surface area contributed by atoms with Crippen LogP contribution in [0.15, 0.2) is 71.3 Å². The molecule has 2 bridgehead atoms. The summed E-state index contributed by atoms with van der Waals surface area (Å²) in [5.74, 6) is -1.62. The number of carbonyl (C=O) groups is 3. The predicted octanol–water partition coefficient (Wildman–Crippen LogP) is 6.21. The van der Waals surface area contributed by atoms with Gasteiger partial charge in [0.05, 0.1) is 40.0 Å². The number of nitrogens with zero attached hydrogens (tertiary/aromatic N) is 1. The number of phenols is 1. The van der Waals surface area contributed by atoms with Crippen molar-refractivity contribution in [2.75, 3.05) is 12.4 Å². The number of hydrogen-bond acceptors (Lipinski definition) is 9. The number of methoxy groups -OCH3 is 1. The van der Waals surface area contributed by atoms with Gasteiger partial charge in [0.1, 0.15) is 17.9 Å². The number of rotatable bonds is 5. The number of phenolic OH excluding ortho intramolecular Hbond substituents is 1. The second kappa shape index (κ2) is 17.9. The maximum atomic E-state index is 13.2. The number of anilines is 1. The minimum Gasteiger partial charge on any atom is -0.505 e. The topological polar surface area (TPSA) is 147 Å². The van der Waals surface area contributed by atoms with Gasteiger partial charge in [-0.25, -0.2) is 9.78 Å². The highest BCUT2D eigenvalue weighted by atomic mass is 32.1. The van der Waals surface area contributed by atoms with Crippen molar-refractivity contribution in [3.63, 3.8) is 0 Å². The summed E-state index contributed by atoms with van der Waals surface area (Å²) in [4.78, 5) is 43.2. The van der Waals surface area contributed by atoms with E-state index in [1.807, 2.05) is 38.2 Å². The molecule has 0 unspecified atom stereocenters. The van der Waals surface area contributed by atoms with Crippen LogP contribution in [0, 0.1) is 5.92 Å². The van der Waals surface area contributed by atoms with Gasteiger partial charge in [0.2, 0.25) is 11.8 Å². The van der Waals surface area contributed by atoms with Crippen LogP contribution in [-0.2, 0) is 30.3 Å². The lowest BCUT2D eigenvalue weighted by Crippen LogP contribution is -2.43. The SMILES string of the molecule is CO[C@@H]1\C=C/C=C\C=C/C[C@@H](OC(=O)[C@@H](C)NC(=O)C2=CCCCC2)[C@H](C)[C@@H](O)/C(C)=C\CCc2c(O)c(cc3ncsc23)NC(=O)C1. The fourth-order valence-electron chi connectivity index (χ4n) is 5.80. The van der Waals surface area contributed by atoms with E-state index < -0.39 is 36.2 Å². The molecule has 4 rings (SSSR count). The van der Waals surface area contributed by atoms with Crippen molar-refractivity contribution >= 4 is 45.0 Å². The summed E-state index contributed by atoms with van der Waals surface area (Å²) in [6.45, 7) is 5.27. The first-order valence-electron chi connectivity index (χ1n) is 16.5. The number of amides is 2. The molecule has 2 amide bonds. The second-order valence-corrected chi connectivity index (χ2v) is 13.2. The first kappa shape index (κ1) is 36.8. The van der Waals surface area contributed by atoms with Crippen LogP contribution in [-0.4, -0.2) is 64.4 Å². The molecule has 1 aliphatic heterocycles. The lowest BCUT2D eigenvalue weighted by atomic mass is 9.90. The lowest BCUT2D eigenvalue weighted by Gasteiger charge is -2.29. The first-order valence-corrected chi connectivity index (χ1v) is 17.4. The molecular weight excluding hydrogens is 630 g/mol. The van der Waals surface area contributed by atoms with Crippen LogP contribution in [0.2, 0.25) is 0 Å². The largest absolute Gasteiger partial charge is 0.505 e. The molecule has 0 fully saturated rings. The number of benzene rings is 1. The Bertz CT molecular complexity index is 1610. The van der Waals surface area contributed by atoms with E-state index in [2.05, 4.69) is 15.6 Å². The van der Waals surface area contributed by atoms with Gasteiger partial charge >= 0.3 is 5.97 Å². The summed E-state index contributed by atoms with van der Waals surface area (Å²) in [7, 11) is 1.52. The van der Waals surface area contributed by atoms with Gasteiger partial charge in [-0.3, -0.25) is 9.59 Å². The van der Waals surface area contributed by atoms with Crippen LogP contribution in [0.3, 0.4) is 0 Å². The number of aliphatic hydroxyl groups is 1. The van der Waals surface area contributed by atoms with Crippen molar-refractivity contribution in [3.8, 4) is 5.75 Å². The molecule has 5 atom stereocenters. The Hall–Kier alpha value is -4.06. The maximum Gasteiger partial charge on any atom is 0.328 e. The molecule has 10 nitrogen and oxygen atoms in total. The third kappa shape index (κ3) is 9.98. The Morgan fingerprint density at radius 1 is 1.12 bits per heavy atom. The monoisotopic (exact) mass is 677 g/mol. The summed E-state index contributed by atoms with van der Waals surface area (Å²) in [6.07, 6.45) is 17.4. The standard InChI is InChI=1S/C37H47N3O7S/c1-23-14-13-18-28-34(43)29(21-30-35(28)48-22-38-30)40-32(41)20-27(46-4)17-11-6-5-7-12-19-31(24(2)33(23)42)47-37(45)25(3)39-36(44)26-15-9-8-10-16-26/h5-7,11-12,14-15,17,21-22,24-25,27,31,33,42-43H,8-10,13,16,18-20H2,1-4H3,(H,39,44)(H,40,41)/b6-5-,12-7-,17-11-,23-14-/t24-,25+,27+,31+,33-/m0/s1. The van der Waals surface area contributed by atoms with Gasteiger partial charge in [0.15, 0.2) is 0 Å². The Labute approximate surface area is 286 Å². The van der Waals surface area contributed by atoms with E-state index in [0.29, 0.717) is 47.9 Å². The van der Waals surface area contributed by atoms with Gasteiger partial charge in [-0.05, 0) is 64.0 Å². The molecule has 48 heavy (non-hydrogen) atoms. The highest BCUT2D eigenvalue weighted by molar-refractivity contribution is 7.17. The number of esters is 1. The molecule has 2 aromatic rings. The van der Waals surface area contributed by atoms with Crippen LogP contribution in [0.4, 0.5) is 5.69 Å². The summed E-state index contributed by atoms with van der Waals surface area (Å²) in [5.41, 5.74) is 4.70. The zero-order valence-electron chi connectivity index (χ0n) is 28.1. The Morgan fingerprint density at radius 2 is 1.92 bits per heavy atom. The van der Waals surface area contributed by atoms with Gasteiger partial charge in [0.25, 0.3) is 0 Å². The molecule has 258 valence electrons. The van der Waals surface area contributed by atoms with E-state index in [1.54, 1.807) is 42.8 Å². The molecule has 1 aromatic carbocycles. The number of ether oxygens (including phenoxy) is 2. The third-order valence-corrected chi connectivity index (χ3v) is 9.68. The second-order valence-electron chi connectivity index (χ2n) is 12.3. The molecular formula is C37H47N3O7S. The lowest BCUT2D eigenvalue weighted by molar-refractivity contribution is -0.156. The Balaban J connectivity index is 1.57. The fourth-order valence-corrected chi connectivity index (χ4v) is 6.65. The Morgan fingerprint density at radius 3 is 2.67 bits per heavy atom. The number of allylic oxidation sites excluding steroid dienone is 6. The number of carbonyl (C=O) groups excluding carboxylic acids is 3. The molecule has 0 spiro atoms. The molecule has 4 N–H and O–H groups in total. The van der Waals surface area contributed by atoms with Crippen LogP contribution < -0.4 is 10.6 Å². The van der Waals surface area contributed by atoms with Crippen LogP contribution in [0.1, 0.15) is 71.3 Å². The van der Waals surface area contributed by atoms with Gasteiger partial charge in [0, 0.05) is 30.6 Å². The first-order chi connectivity index (χ1) is 23.1. The van der Waals surface area contributed by atoms with Crippen molar-refractivity contribution in [2.45, 2.75) is 96.5 Å². The average Bonchev–Trinajstić information content (AvgIpc) is 3.55. The van der Waals surface area contributed by atoms with E-state index in [4.69, 9.17) is 9.47 Å². The molecule has 2 aliphatic rings.